The Balaban J connectivity index is 1.64. The fourth-order valence-electron chi connectivity index (χ4n) is 2.68. The molecule has 0 saturated heterocycles. The molecule has 0 aliphatic heterocycles. The molecule has 3 N–H and O–H groups in total. The summed E-state index contributed by atoms with van der Waals surface area (Å²) in [5, 5.41) is 8.76. The molecule has 0 radical (unpaired) electrons. The van der Waals surface area contributed by atoms with Crippen LogP contribution in [0.4, 0.5) is 11.4 Å². The van der Waals surface area contributed by atoms with Crippen LogP contribution in [0.5, 0.6) is 5.75 Å². The average Bonchev–Trinajstić information content (AvgIpc) is 3.50. The van der Waals surface area contributed by atoms with Gasteiger partial charge in [0.2, 0.25) is 5.91 Å². The SMILES string of the molecule is CCOc1ccccc1C(=O)NC(=S)Nc1ccc(C)c(NC(=O)C2CC2)c1. The second kappa shape index (κ2) is 8.84. The van der Waals surface area contributed by atoms with Crippen molar-refractivity contribution in [2.75, 3.05) is 17.2 Å². The predicted octanol–water partition coefficient (Wildman–Crippen LogP) is 3.87. The topological polar surface area (TPSA) is 79.5 Å². The highest BCUT2D eigenvalue weighted by Crippen LogP contribution is 2.31. The third-order valence-corrected chi connectivity index (χ3v) is 4.56. The fraction of sp³-hybridized carbons (Fsp3) is 0.286. The molecule has 3 rings (SSSR count). The van der Waals surface area contributed by atoms with E-state index in [1.54, 1.807) is 18.2 Å². The number of ether oxygens (including phenoxy) is 1. The summed E-state index contributed by atoms with van der Waals surface area (Å²) in [6.07, 6.45) is 1.89. The van der Waals surface area contributed by atoms with E-state index in [9.17, 15) is 9.59 Å². The van der Waals surface area contributed by atoms with E-state index in [0.29, 0.717) is 23.6 Å². The minimum atomic E-state index is -0.351. The number of nitrogens with one attached hydrogen (secondary N) is 3. The molecule has 1 aliphatic rings. The number of anilines is 2. The summed E-state index contributed by atoms with van der Waals surface area (Å²) in [7, 11) is 0. The van der Waals surface area contributed by atoms with E-state index in [-0.39, 0.29) is 22.8 Å². The van der Waals surface area contributed by atoms with Gasteiger partial charge in [0.25, 0.3) is 5.91 Å². The van der Waals surface area contributed by atoms with E-state index < -0.39 is 0 Å². The van der Waals surface area contributed by atoms with E-state index in [1.807, 2.05) is 38.1 Å². The maximum absolute atomic E-state index is 12.5. The summed E-state index contributed by atoms with van der Waals surface area (Å²) in [6, 6.07) is 12.5. The zero-order valence-electron chi connectivity index (χ0n) is 15.9. The third kappa shape index (κ3) is 5.07. The fourth-order valence-corrected chi connectivity index (χ4v) is 2.89. The molecule has 0 aromatic heterocycles. The molecular weight excluding hydrogens is 374 g/mol. The Morgan fingerprint density at radius 1 is 1.14 bits per heavy atom. The van der Waals surface area contributed by atoms with E-state index in [4.69, 9.17) is 17.0 Å². The summed E-state index contributed by atoms with van der Waals surface area (Å²) in [6.45, 7) is 4.25. The van der Waals surface area contributed by atoms with Crippen LogP contribution in [-0.2, 0) is 4.79 Å². The standard InChI is InChI=1S/C21H23N3O3S/c1-3-27-18-7-5-4-6-16(18)20(26)24-21(28)22-15-11-8-13(2)17(12-15)23-19(25)14-9-10-14/h4-8,11-12,14H,3,9-10H2,1-2H3,(H,23,25)(H2,22,24,26,28). The molecule has 2 aromatic rings. The number of thiocarbonyl (C=S) groups is 1. The molecule has 2 amide bonds. The highest BCUT2D eigenvalue weighted by Gasteiger charge is 2.29. The maximum atomic E-state index is 12.5. The maximum Gasteiger partial charge on any atom is 0.261 e. The molecular formula is C21H23N3O3S. The van der Waals surface area contributed by atoms with Crippen molar-refractivity contribution in [3.05, 3.63) is 53.6 Å². The first-order valence-corrected chi connectivity index (χ1v) is 9.64. The van der Waals surface area contributed by atoms with Crippen molar-refractivity contribution >= 4 is 40.5 Å². The van der Waals surface area contributed by atoms with E-state index in [2.05, 4.69) is 16.0 Å². The van der Waals surface area contributed by atoms with Gasteiger partial charge in [0.05, 0.1) is 12.2 Å². The Morgan fingerprint density at radius 2 is 1.89 bits per heavy atom. The van der Waals surface area contributed by atoms with Gasteiger partial charge in [-0.25, -0.2) is 0 Å². The molecule has 28 heavy (non-hydrogen) atoms. The quantitative estimate of drug-likeness (QED) is 0.645. The van der Waals surface area contributed by atoms with Crippen LogP contribution in [0.2, 0.25) is 0 Å². The Morgan fingerprint density at radius 3 is 2.61 bits per heavy atom. The molecule has 0 bridgehead atoms. The van der Waals surface area contributed by atoms with Crippen LogP contribution in [0.15, 0.2) is 42.5 Å². The largest absolute Gasteiger partial charge is 0.493 e. The van der Waals surface area contributed by atoms with Crippen molar-refractivity contribution in [1.82, 2.24) is 5.32 Å². The lowest BCUT2D eigenvalue weighted by molar-refractivity contribution is -0.117. The van der Waals surface area contributed by atoms with E-state index in [1.165, 1.54) is 0 Å². The Hall–Kier alpha value is -2.93. The number of hydrogen-bond donors (Lipinski definition) is 3. The first kappa shape index (κ1) is 19.8. The number of aryl methyl sites for hydroxylation is 1. The minimum absolute atomic E-state index is 0.0451. The second-order valence-electron chi connectivity index (χ2n) is 6.63. The van der Waals surface area contributed by atoms with Gasteiger partial charge in [-0.3, -0.25) is 14.9 Å². The molecule has 0 unspecified atom stereocenters. The lowest BCUT2D eigenvalue weighted by Gasteiger charge is -2.14. The van der Waals surface area contributed by atoms with Crippen molar-refractivity contribution in [2.24, 2.45) is 5.92 Å². The molecule has 1 saturated carbocycles. The van der Waals surface area contributed by atoms with Crippen molar-refractivity contribution in [1.29, 1.82) is 0 Å². The number of benzene rings is 2. The number of amides is 2. The average molecular weight is 398 g/mol. The van der Waals surface area contributed by atoms with Gasteiger partial charge in [0.15, 0.2) is 5.11 Å². The summed E-state index contributed by atoms with van der Waals surface area (Å²) < 4.78 is 5.48. The van der Waals surface area contributed by atoms with Crippen LogP contribution in [0.3, 0.4) is 0 Å². The normalized spacial score (nSPS) is 12.8. The lowest BCUT2D eigenvalue weighted by atomic mass is 10.1. The molecule has 2 aromatic carbocycles. The first-order chi connectivity index (χ1) is 13.5. The number of para-hydroxylation sites is 1. The first-order valence-electron chi connectivity index (χ1n) is 9.23. The smallest absolute Gasteiger partial charge is 0.261 e. The molecule has 146 valence electrons. The van der Waals surface area contributed by atoms with Gasteiger partial charge in [-0.15, -0.1) is 0 Å². The molecule has 6 nitrogen and oxygen atoms in total. The van der Waals surface area contributed by atoms with Crippen molar-refractivity contribution in [2.45, 2.75) is 26.7 Å². The minimum Gasteiger partial charge on any atom is -0.493 e. The van der Waals surface area contributed by atoms with Crippen LogP contribution in [0, 0.1) is 12.8 Å². The summed E-state index contributed by atoms with van der Waals surface area (Å²) >= 11 is 5.26. The molecule has 0 heterocycles. The number of hydrogen-bond acceptors (Lipinski definition) is 4. The third-order valence-electron chi connectivity index (χ3n) is 4.36. The predicted molar refractivity (Wildman–Crippen MR) is 114 cm³/mol. The second-order valence-corrected chi connectivity index (χ2v) is 7.04. The van der Waals surface area contributed by atoms with Crippen LogP contribution >= 0.6 is 12.2 Å². The zero-order valence-corrected chi connectivity index (χ0v) is 16.7. The highest BCUT2D eigenvalue weighted by molar-refractivity contribution is 7.80. The van der Waals surface area contributed by atoms with Crippen LogP contribution in [-0.4, -0.2) is 23.5 Å². The number of rotatable bonds is 6. The lowest BCUT2D eigenvalue weighted by Crippen LogP contribution is -2.34. The molecule has 0 spiro atoms. The Bertz CT molecular complexity index is 910. The van der Waals surface area contributed by atoms with Crippen molar-refractivity contribution in [3.63, 3.8) is 0 Å². The molecule has 0 atom stereocenters. The van der Waals surface area contributed by atoms with Gasteiger partial charge in [-0.05, 0) is 68.7 Å². The van der Waals surface area contributed by atoms with Crippen LogP contribution in [0.1, 0.15) is 35.7 Å². The summed E-state index contributed by atoms with van der Waals surface area (Å²) in [4.78, 5) is 24.5. The highest BCUT2D eigenvalue weighted by atomic mass is 32.1. The Kier molecular flexibility index (Phi) is 6.26. The molecule has 1 aliphatic carbocycles. The van der Waals surface area contributed by atoms with Crippen LogP contribution in [0.25, 0.3) is 0 Å². The van der Waals surface area contributed by atoms with Gasteiger partial charge < -0.3 is 15.4 Å². The number of carbonyl (C=O) groups is 2. The summed E-state index contributed by atoms with van der Waals surface area (Å²) in [5.41, 5.74) is 2.78. The van der Waals surface area contributed by atoms with E-state index >= 15 is 0 Å². The van der Waals surface area contributed by atoms with Gasteiger partial charge in [0, 0.05) is 17.3 Å². The van der Waals surface area contributed by atoms with Gasteiger partial charge in [-0.2, -0.15) is 0 Å². The van der Waals surface area contributed by atoms with Gasteiger partial charge in [-0.1, -0.05) is 18.2 Å². The van der Waals surface area contributed by atoms with Crippen molar-refractivity contribution in [3.8, 4) is 5.75 Å². The van der Waals surface area contributed by atoms with Gasteiger partial charge in [0.1, 0.15) is 5.75 Å². The summed E-state index contributed by atoms with van der Waals surface area (Å²) in [5.74, 6) is 0.326. The monoisotopic (exact) mass is 397 g/mol. The molecule has 1 fully saturated rings. The Labute approximate surface area is 169 Å². The molecule has 7 heteroatoms. The van der Waals surface area contributed by atoms with E-state index in [0.717, 1.165) is 24.1 Å². The zero-order chi connectivity index (χ0) is 20.1. The van der Waals surface area contributed by atoms with Crippen LogP contribution < -0.4 is 20.7 Å². The van der Waals surface area contributed by atoms with Gasteiger partial charge >= 0.3 is 0 Å². The van der Waals surface area contributed by atoms with Crippen molar-refractivity contribution < 1.29 is 14.3 Å². The number of carbonyl (C=O) groups excluding carboxylic acids is 2.